The van der Waals surface area contributed by atoms with Crippen LogP contribution in [0.4, 0.5) is 4.39 Å². The predicted molar refractivity (Wildman–Crippen MR) is 53.1 cm³/mol. The standard InChI is InChI=1S/C10H11ClFNO/c1-14-6-4-7(10(13)2-3-10)9(11)8(12)5-6/h4-5H,2-3,13H2,1H3. The zero-order valence-electron chi connectivity index (χ0n) is 7.81. The van der Waals surface area contributed by atoms with Crippen LogP contribution in [0.3, 0.4) is 0 Å². The first-order valence-corrected chi connectivity index (χ1v) is 4.77. The minimum absolute atomic E-state index is 0.116. The summed E-state index contributed by atoms with van der Waals surface area (Å²) < 4.78 is 18.3. The monoisotopic (exact) mass is 215 g/mol. The van der Waals surface area contributed by atoms with Crippen molar-refractivity contribution in [3.8, 4) is 5.75 Å². The van der Waals surface area contributed by atoms with Crippen molar-refractivity contribution in [2.75, 3.05) is 7.11 Å². The van der Waals surface area contributed by atoms with Gasteiger partial charge in [0.2, 0.25) is 0 Å². The van der Waals surface area contributed by atoms with Gasteiger partial charge in [0.15, 0.2) is 0 Å². The van der Waals surface area contributed by atoms with Crippen LogP contribution in [0.5, 0.6) is 5.75 Å². The van der Waals surface area contributed by atoms with Crippen molar-refractivity contribution >= 4 is 11.6 Å². The normalized spacial score (nSPS) is 18.0. The van der Waals surface area contributed by atoms with Crippen LogP contribution in [0.25, 0.3) is 0 Å². The second kappa shape index (κ2) is 3.11. The molecule has 14 heavy (non-hydrogen) atoms. The molecule has 2 N–H and O–H groups in total. The van der Waals surface area contributed by atoms with E-state index in [2.05, 4.69) is 0 Å². The van der Waals surface area contributed by atoms with Gasteiger partial charge in [-0.2, -0.15) is 0 Å². The Morgan fingerprint density at radius 3 is 2.64 bits per heavy atom. The third-order valence-corrected chi connectivity index (χ3v) is 2.95. The van der Waals surface area contributed by atoms with E-state index in [-0.39, 0.29) is 5.02 Å². The molecule has 1 aliphatic carbocycles. The molecular formula is C10H11ClFNO. The smallest absolute Gasteiger partial charge is 0.145 e. The third kappa shape index (κ3) is 1.47. The molecule has 76 valence electrons. The topological polar surface area (TPSA) is 35.2 Å². The van der Waals surface area contributed by atoms with E-state index in [1.165, 1.54) is 13.2 Å². The Kier molecular flexibility index (Phi) is 2.16. The molecule has 1 aromatic rings. The molecule has 0 atom stereocenters. The van der Waals surface area contributed by atoms with Crippen molar-refractivity contribution in [3.63, 3.8) is 0 Å². The lowest BCUT2D eigenvalue weighted by molar-refractivity contribution is 0.410. The van der Waals surface area contributed by atoms with Gasteiger partial charge in [0.1, 0.15) is 11.6 Å². The van der Waals surface area contributed by atoms with E-state index in [4.69, 9.17) is 22.1 Å². The maximum atomic E-state index is 13.3. The Hall–Kier alpha value is -0.800. The van der Waals surface area contributed by atoms with Gasteiger partial charge in [-0.3, -0.25) is 0 Å². The van der Waals surface area contributed by atoms with E-state index in [0.29, 0.717) is 11.3 Å². The fraction of sp³-hybridized carbons (Fsp3) is 0.400. The number of methoxy groups -OCH3 is 1. The summed E-state index contributed by atoms with van der Waals surface area (Å²) in [6, 6.07) is 2.97. The van der Waals surface area contributed by atoms with Gasteiger partial charge < -0.3 is 10.5 Å². The van der Waals surface area contributed by atoms with Gasteiger partial charge in [-0.05, 0) is 24.5 Å². The Balaban J connectivity index is 2.52. The Bertz CT molecular complexity index is 377. The highest BCUT2D eigenvalue weighted by molar-refractivity contribution is 6.31. The first kappa shape index (κ1) is 9.74. The van der Waals surface area contributed by atoms with E-state index in [1.54, 1.807) is 6.07 Å². The van der Waals surface area contributed by atoms with Gasteiger partial charge in [0.05, 0.1) is 12.1 Å². The van der Waals surface area contributed by atoms with Crippen LogP contribution in [-0.2, 0) is 5.54 Å². The minimum atomic E-state index is -0.474. The molecule has 0 radical (unpaired) electrons. The molecule has 0 amide bonds. The molecular weight excluding hydrogens is 205 g/mol. The van der Waals surface area contributed by atoms with Crippen LogP contribution >= 0.6 is 11.6 Å². The molecule has 0 unspecified atom stereocenters. The molecule has 0 spiro atoms. The maximum Gasteiger partial charge on any atom is 0.145 e. The second-order valence-corrected chi connectivity index (χ2v) is 4.00. The summed E-state index contributed by atoms with van der Waals surface area (Å²) >= 11 is 5.84. The molecule has 2 nitrogen and oxygen atoms in total. The van der Waals surface area contributed by atoms with Gasteiger partial charge in [-0.25, -0.2) is 4.39 Å². The Labute approximate surface area is 86.8 Å². The second-order valence-electron chi connectivity index (χ2n) is 3.63. The maximum absolute atomic E-state index is 13.3. The summed E-state index contributed by atoms with van der Waals surface area (Å²) in [5.41, 5.74) is 6.17. The number of hydrogen-bond acceptors (Lipinski definition) is 2. The summed E-state index contributed by atoms with van der Waals surface area (Å²) in [6.07, 6.45) is 1.69. The summed E-state index contributed by atoms with van der Waals surface area (Å²) in [5.74, 6) is -0.0173. The van der Waals surface area contributed by atoms with E-state index in [1.807, 2.05) is 0 Å². The summed E-state index contributed by atoms with van der Waals surface area (Å²) in [4.78, 5) is 0. The van der Waals surface area contributed by atoms with Crippen molar-refractivity contribution in [3.05, 3.63) is 28.5 Å². The van der Waals surface area contributed by atoms with Crippen molar-refractivity contribution in [1.29, 1.82) is 0 Å². The minimum Gasteiger partial charge on any atom is -0.497 e. The highest BCUT2D eigenvalue weighted by atomic mass is 35.5. The van der Waals surface area contributed by atoms with Crippen LogP contribution in [-0.4, -0.2) is 7.11 Å². The Morgan fingerprint density at radius 2 is 2.14 bits per heavy atom. The molecule has 0 bridgehead atoms. The van der Waals surface area contributed by atoms with Crippen LogP contribution < -0.4 is 10.5 Å². The van der Waals surface area contributed by atoms with Gasteiger partial charge >= 0.3 is 0 Å². The molecule has 1 aliphatic rings. The number of halogens is 2. The zero-order valence-corrected chi connectivity index (χ0v) is 8.57. The highest BCUT2D eigenvalue weighted by Crippen LogP contribution is 2.47. The number of benzene rings is 1. The SMILES string of the molecule is COc1cc(F)c(Cl)c(C2(N)CC2)c1. The quantitative estimate of drug-likeness (QED) is 0.823. The van der Waals surface area contributed by atoms with Crippen molar-refractivity contribution in [1.82, 2.24) is 0 Å². The van der Waals surface area contributed by atoms with Crippen molar-refractivity contribution in [2.24, 2.45) is 5.73 Å². The number of rotatable bonds is 2. The predicted octanol–water partition coefficient (Wildman–Crippen LogP) is 2.44. The van der Waals surface area contributed by atoms with Crippen molar-refractivity contribution < 1.29 is 9.13 Å². The molecule has 1 aromatic carbocycles. The fourth-order valence-corrected chi connectivity index (χ4v) is 1.75. The first-order chi connectivity index (χ1) is 6.57. The molecule has 0 saturated heterocycles. The molecule has 0 aromatic heterocycles. The summed E-state index contributed by atoms with van der Waals surface area (Å²) in [6.45, 7) is 0. The van der Waals surface area contributed by atoms with Gasteiger partial charge in [0.25, 0.3) is 0 Å². The molecule has 1 fully saturated rings. The van der Waals surface area contributed by atoms with Crippen LogP contribution in [0.1, 0.15) is 18.4 Å². The fourth-order valence-electron chi connectivity index (χ4n) is 1.45. The Morgan fingerprint density at radius 1 is 1.50 bits per heavy atom. The van der Waals surface area contributed by atoms with E-state index in [9.17, 15) is 4.39 Å². The molecule has 4 heteroatoms. The van der Waals surface area contributed by atoms with Gasteiger partial charge in [-0.1, -0.05) is 11.6 Å². The highest BCUT2D eigenvalue weighted by Gasteiger charge is 2.42. The summed E-state index contributed by atoms with van der Waals surface area (Å²) in [7, 11) is 1.49. The lowest BCUT2D eigenvalue weighted by Gasteiger charge is -2.13. The van der Waals surface area contributed by atoms with Crippen LogP contribution in [0.2, 0.25) is 5.02 Å². The molecule has 2 rings (SSSR count). The van der Waals surface area contributed by atoms with E-state index in [0.717, 1.165) is 12.8 Å². The van der Waals surface area contributed by atoms with E-state index < -0.39 is 11.4 Å². The number of hydrogen-bond donors (Lipinski definition) is 1. The molecule has 1 saturated carbocycles. The van der Waals surface area contributed by atoms with E-state index >= 15 is 0 Å². The first-order valence-electron chi connectivity index (χ1n) is 4.39. The number of nitrogens with two attached hydrogens (primary N) is 1. The average molecular weight is 216 g/mol. The zero-order chi connectivity index (χ0) is 10.3. The van der Waals surface area contributed by atoms with Crippen molar-refractivity contribution in [2.45, 2.75) is 18.4 Å². The summed E-state index contributed by atoms with van der Waals surface area (Å²) in [5, 5.41) is 0.116. The largest absolute Gasteiger partial charge is 0.497 e. The molecule has 0 heterocycles. The van der Waals surface area contributed by atoms with Crippen LogP contribution in [0.15, 0.2) is 12.1 Å². The lowest BCUT2D eigenvalue weighted by Crippen LogP contribution is -2.19. The number of ether oxygens (including phenoxy) is 1. The lowest BCUT2D eigenvalue weighted by atomic mass is 10.1. The third-order valence-electron chi connectivity index (χ3n) is 2.56. The van der Waals surface area contributed by atoms with Crippen LogP contribution in [0, 0.1) is 5.82 Å². The molecule has 0 aliphatic heterocycles. The van der Waals surface area contributed by atoms with Gasteiger partial charge in [-0.15, -0.1) is 0 Å². The van der Waals surface area contributed by atoms with Gasteiger partial charge in [0, 0.05) is 11.6 Å². The average Bonchev–Trinajstić information content (AvgIpc) is 2.89.